The molecule has 0 fully saturated rings. The molecule has 0 aliphatic rings. The lowest BCUT2D eigenvalue weighted by Crippen LogP contribution is -2.30. The lowest BCUT2D eigenvalue weighted by atomic mass is 10.1. The fourth-order valence-corrected chi connectivity index (χ4v) is 4.99. The molecule has 4 aromatic rings. The van der Waals surface area contributed by atoms with E-state index in [9.17, 15) is 4.79 Å². The van der Waals surface area contributed by atoms with E-state index in [4.69, 9.17) is 4.98 Å². The minimum absolute atomic E-state index is 0.0624. The fraction of sp³-hybridized carbons (Fsp3) is 0.208. The molecule has 0 saturated heterocycles. The van der Waals surface area contributed by atoms with E-state index in [1.807, 2.05) is 42.5 Å². The molecule has 0 bridgehead atoms. The van der Waals surface area contributed by atoms with Crippen LogP contribution in [0.1, 0.15) is 34.1 Å². The number of hydrogen-bond donors (Lipinski definition) is 0. The second-order valence-electron chi connectivity index (χ2n) is 7.02. The van der Waals surface area contributed by atoms with E-state index in [0.29, 0.717) is 17.2 Å². The molecule has 0 unspecified atom stereocenters. The molecule has 1 amide bonds. The maximum atomic E-state index is 13.6. The van der Waals surface area contributed by atoms with Gasteiger partial charge in [0.2, 0.25) is 0 Å². The van der Waals surface area contributed by atoms with Crippen LogP contribution in [0.25, 0.3) is 10.2 Å². The summed E-state index contributed by atoms with van der Waals surface area (Å²) in [4.78, 5) is 25.7. The second-order valence-corrected chi connectivity index (χ2v) is 9.37. The zero-order valence-corrected chi connectivity index (χ0v) is 18.9. The number of nitrogens with zero attached hydrogens (tertiary/aromatic N) is 3. The van der Waals surface area contributed by atoms with Crippen molar-refractivity contribution >= 4 is 44.4 Å². The zero-order valence-electron chi connectivity index (χ0n) is 17.3. The summed E-state index contributed by atoms with van der Waals surface area (Å²) >= 11 is 3.28. The molecule has 0 spiro atoms. The first-order valence-electron chi connectivity index (χ1n) is 9.88. The minimum Gasteiger partial charge on any atom is -0.278 e. The predicted octanol–water partition coefficient (Wildman–Crippen LogP) is 6.27. The summed E-state index contributed by atoms with van der Waals surface area (Å²) in [6.45, 7) is 6.65. The molecule has 4 nitrogen and oxygen atoms in total. The molecule has 6 heteroatoms. The maximum absolute atomic E-state index is 13.6. The highest BCUT2D eigenvalue weighted by molar-refractivity contribution is 7.99. The van der Waals surface area contributed by atoms with Gasteiger partial charge in [-0.15, -0.1) is 11.8 Å². The summed E-state index contributed by atoms with van der Waals surface area (Å²) in [5, 5.41) is 0.697. The van der Waals surface area contributed by atoms with Crippen molar-refractivity contribution in [3.63, 3.8) is 0 Å². The third-order valence-electron chi connectivity index (χ3n) is 4.99. The minimum atomic E-state index is -0.0624. The van der Waals surface area contributed by atoms with E-state index < -0.39 is 0 Å². The van der Waals surface area contributed by atoms with Crippen molar-refractivity contribution in [1.82, 2.24) is 9.97 Å². The molecular weight excluding hydrogens is 410 g/mol. The highest BCUT2D eigenvalue weighted by Crippen LogP contribution is 2.33. The molecule has 152 valence electrons. The Balaban J connectivity index is 1.77. The fourth-order valence-electron chi connectivity index (χ4n) is 3.25. The van der Waals surface area contributed by atoms with Crippen molar-refractivity contribution in [1.29, 1.82) is 0 Å². The Morgan fingerprint density at radius 3 is 2.73 bits per heavy atom. The van der Waals surface area contributed by atoms with Crippen LogP contribution >= 0.6 is 23.1 Å². The average molecular weight is 434 g/mol. The van der Waals surface area contributed by atoms with Crippen molar-refractivity contribution < 1.29 is 4.79 Å². The van der Waals surface area contributed by atoms with Gasteiger partial charge in [0.15, 0.2) is 5.13 Å². The van der Waals surface area contributed by atoms with Crippen LogP contribution in [0.3, 0.4) is 0 Å². The van der Waals surface area contributed by atoms with Gasteiger partial charge in [0.1, 0.15) is 0 Å². The van der Waals surface area contributed by atoms with Gasteiger partial charge in [-0.1, -0.05) is 36.5 Å². The first-order valence-corrected chi connectivity index (χ1v) is 11.7. The van der Waals surface area contributed by atoms with Gasteiger partial charge in [0, 0.05) is 16.7 Å². The third kappa shape index (κ3) is 4.25. The van der Waals surface area contributed by atoms with Gasteiger partial charge >= 0.3 is 0 Å². The second kappa shape index (κ2) is 8.98. The molecule has 0 aliphatic heterocycles. The maximum Gasteiger partial charge on any atom is 0.260 e. The summed E-state index contributed by atoms with van der Waals surface area (Å²) in [7, 11) is 0. The molecule has 0 atom stereocenters. The summed E-state index contributed by atoms with van der Waals surface area (Å²) in [5.74, 6) is 0.902. The average Bonchev–Trinajstić information content (AvgIpc) is 3.20. The number of rotatable bonds is 6. The van der Waals surface area contributed by atoms with Crippen LogP contribution in [0.5, 0.6) is 0 Å². The Morgan fingerprint density at radius 1 is 1.10 bits per heavy atom. The van der Waals surface area contributed by atoms with Gasteiger partial charge in [-0.25, -0.2) is 4.98 Å². The van der Waals surface area contributed by atoms with Crippen molar-refractivity contribution in [2.75, 3.05) is 10.7 Å². The number of thiazole rings is 1. The summed E-state index contributed by atoms with van der Waals surface area (Å²) in [6, 6.07) is 17.8. The standard InChI is InChI=1S/C24H23N3OS2/c1-4-29-20-10-7-8-18(14-20)23(28)27(15-19-9-5-6-13-25-19)24-26-22-17(3)16(2)11-12-21(22)30-24/h5-14H,4,15H2,1-3H3. The normalized spacial score (nSPS) is 11.0. The van der Waals surface area contributed by atoms with Crippen LogP contribution in [-0.2, 0) is 6.54 Å². The number of carbonyl (C=O) groups excluding carboxylic acids is 1. The van der Waals surface area contributed by atoms with E-state index in [1.165, 1.54) is 5.56 Å². The molecular formula is C24H23N3OS2. The predicted molar refractivity (Wildman–Crippen MR) is 127 cm³/mol. The van der Waals surface area contributed by atoms with Crippen molar-refractivity contribution in [3.05, 3.63) is 83.2 Å². The molecule has 2 heterocycles. The van der Waals surface area contributed by atoms with Crippen molar-refractivity contribution in [2.45, 2.75) is 32.2 Å². The molecule has 0 N–H and O–H groups in total. The highest BCUT2D eigenvalue weighted by atomic mass is 32.2. The number of aromatic nitrogens is 2. The number of hydrogen-bond acceptors (Lipinski definition) is 5. The van der Waals surface area contributed by atoms with Gasteiger partial charge in [-0.2, -0.15) is 0 Å². The number of amides is 1. The number of benzene rings is 2. The number of fused-ring (bicyclic) bond motifs is 1. The lowest BCUT2D eigenvalue weighted by Gasteiger charge is -2.20. The van der Waals surface area contributed by atoms with Crippen LogP contribution in [0.15, 0.2) is 65.7 Å². The van der Waals surface area contributed by atoms with Crippen LogP contribution in [0.2, 0.25) is 0 Å². The molecule has 0 radical (unpaired) electrons. The third-order valence-corrected chi connectivity index (χ3v) is 6.91. The molecule has 30 heavy (non-hydrogen) atoms. The van der Waals surface area contributed by atoms with E-state index in [-0.39, 0.29) is 5.91 Å². The summed E-state index contributed by atoms with van der Waals surface area (Å²) < 4.78 is 1.09. The van der Waals surface area contributed by atoms with Gasteiger partial charge in [0.05, 0.1) is 22.5 Å². The van der Waals surface area contributed by atoms with E-state index in [0.717, 1.165) is 32.1 Å². The van der Waals surface area contributed by atoms with E-state index in [1.54, 1.807) is 34.2 Å². The molecule has 2 aromatic heterocycles. The van der Waals surface area contributed by atoms with Gasteiger partial charge in [-0.05, 0) is 67.1 Å². The van der Waals surface area contributed by atoms with Crippen LogP contribution < -0.4 is 4.90 Å². The largest absolute Gasteiger partial charge is 0.278 e. The topological polar surface area (TPSA) is 46.1 Å². The van der Waals surface area contributed by atoms with Gasteiger partial charge in [0.25, 0.3) is 5.91 Å². The summed E-state index contributed by atoms with van der Waals surface area (Å²) in [5.41, 5.74) is 4.81. The number of thioether (sulfide) groups is 1. The van der Waals surface area contributed by atoms with Crippen molar-refractivity contribution in [3.8, 4) is 0 Å². The van der Waals surface area contributed by atoms with Crippen LogP contribution in [0, 0.1) is 13.8 Å². The summed E-state index contributed by atoms with van der Waals surface area (Å²) in [6.07, 6.45) is 1.75. The Morgan fingerprint density at radius 2 is 1.97 bits per heavy atom. The van der Waals surface area contributed by atoms with E-state index >= 15 is 0 Å². The SMILES string of the molecule is CCSc1cccc(C(=O)N(Cc2ccccn2)c2nc3c(C)c(C)ccc3s2)c1. The monoisotopic (exact) mass is 433 g/mol. The van der Waals surface area contributed by atoms with Crippen molar-refractivity contribution in [2.24, 2.45) is 0 Å². The number of carbonyl (C=O) groups is 1. The van der Waals surface area contributed by atoms with Gasteiger partial charge in [-0.3, -0.25) is 14.7 Å². The first kappa shape index (κ1) is 20.6. The number of anilines is 1. The lowest BCUT2D eigenvalue weighted by molar-refractivity contribution is 0.0984. The van der Waals surface area contributed by atoms with E-state index in [2.05, 4.69) is 37.9 Å². The number of pyridine rings is 1. The van der Waals surface area contributed by atoms with Crippen LogP contribution in [-0.4, -0.2) is 21.6 Å². The smallest absolute Gasteiger partial charge is 0.260 e. The molecule has 2 aromatic carbocycles. The quantitative estimate of drug-likeness (QED) is 0.336. The molecule has 0 aliphatic carbocycles. The van der Waals surface area contributed by atoms with Gasteiger partial charge < -0.3 is 0 Å². The Bertz CT molecular complexity index is 1190. The Hall–Kier alpha value is -2.70. The Labute approximate surface area is 185 Å². The number of aryl methyl sites for hydroxylation is 2. The Kier molecular flexibility index (Phi) is 6.16. The molecule has 0 saturated carbocycles. The first-order chi connectivity index (χ1) is 14.6. The van der Waals surface area contributed by atoms with Crippen LogP contribution in [0.4, 0.5) is 5.13 Å². The molecule has 4 rings (SSSR count). The highest BCUT2D eigenvalue weighted by Gasteiger charge is 2.23. The zero-order chi connectivity index (χ0) is 21.1.